The molecule has 164 valence electrons. The summed E-state index contributed by atoms with van der Waals surface area (Å²) in [5, 5.41) is 6.62. The fourth-order valence-corrected chi connectivity index (χ4v) is 4.15. The summed E-state index contributed by atoms with van der Waals surface area (Å²) in [5.41, 5.74) is 2.20. The van der Waals surface area contributed by atoms with E-state index in [2.05, 4.69) is 27.8 Å². The maximum atomic E-state index is 11.7. The van der Waals surface area contributed by atoms with Crippen LogP contribution in [-0.2, 0) is 21.3 Å². The second-order valence-corrected chi connectivity index (χ2v) is 9.37. The fourth-order valence-electron chi connectivity index (χ4n) is 3.23. The van der Waals surface area contributed by atoms with Gasteiger partial charge >= 0.3 is 0 Å². The van der Waals surface area contributed by atoms with Crippen molar-refractivity contribution in [3.8, 4) is 5.75 Å². The molecule has 1 aliphatic heterocycles. The quantitative estimate of drug-likeness (QED) is 0.333. The summed E-state index contributed by atoms with van der Waals surface area (Å²) < 4.78 is 35.8. The number of benzene rings is 1. The molecule has 8 nitrogen and oxygen atoms in total. The molecule has 1 fully saturated rings. The standard InChI is InChI=1S/C20H34N4O4S/c1-16-6-7-18(19(12-16)28-11-5-10-27-3)14-23-20(21-2)22-13-17-8-9-24(15-17)29(4,25)26/h6-7,12,17H,5,8-11,13-15H2,1-4H3,(H2,21,22,23). The minimum absolute atomic E-state index is 0.280. The molecular formula is C20H34N4O4S. The van der Waals surface area contributed by atoms with Crippen molar-refractivity contribution < 1.29 is 17.9 Å². The van der Waals surface area contributed by atoms with E-state index < -0.39 is 10.0 Å². The van der Waals surface area contributed by atoms with Crippen molar-refractivity contribution in [2.45, 2.75) is 26.3 Å². The maximum absolute atomic E-state index is 11.7. The number of aliphatic imine (C=N–C) groups is 1. The highest BCUT2D eigenvalue weighted by Crippen LogP contribution is 2.21. The number of sulfonamides is 1. The average molecular weight is 427 g/mol. The minimum atomic E-state index is -3.11. The van der Waals surface area contributed by atoms with Crippen LogP contribution in [0.5, 0.6) is 5.75 Å². The molecule has 2 rings (SSSR count). The van der Waals surface area contributed by atoms with Crippen LogP contribution in [-0.4, -0.2) is 71.9 Å². The van der Waals surface area contributed by atoms with Crippen molar-refractivity contribution in [3.63, 3.8) is 0 Å². The molecule has 1 heterocycles. The van der Waals surface area contributed by atoms with Gasteiger partial charge in [0.05, 0.1) is 12.9 Å². The summed E-state index contributed by atoms with van der Waals surface area (Å²) in [6.07, 6.45) is 2.96. The van der Waals surface area contributed by atoms with Crippen LogP contribution in [0.3, 0.4) is 0 Å². The van der Waals surface area contributed by atoms with Crippen molar-refractivity contribution in [2.24, 2.45) is 10.9 Å². The van der Waals surface area contributed by atoms with E-state index in [9.17, 15) is 8.42 Å². The summed E-state index contributed by atoms with van der Waals surface area (Å²) >= 11 is 0. The average Bonchev–Trinajstić information content (AvgIpc) is 3.16. The van der Waals surface area contributed by atoms with Gasteiger partial charge in [0.25, 0.3) is 0 Å². The molecule has 0 saturated carbocycles. The van der Waals surface area contributed by atoms with Crippen molar-refractivity contribution in [1.29, 1.82) is 0 Å². The van der Waals surface area contributed by atoms with E-state index in [1.54, 1.807) is 14.2 Å². The Kier molecular flexibility index (Phi) is 9.19. The first kappa shape index (κ1) is 23.4. The summed E-state index contributed by atoms with van der Waals surface area (Å²) in [5.74, 6) is 1.83. The van der Waals surface area contributed by atoms with Crippen LogP contribution in [0.4, 0.5) is 0 Å². The topological polar surface area (TPSA) is 92.3 Å². The summed E-state index contributed by atoms with van der Waals surface area (Å²) in [4.78, 5) is 4.27. The van der Waals surface area contributed by atoms with Crippen LogP contribution >= 0.6 is 0 Å². The zero-order valence-electron chi connectivity index (χ0n) is 17.9. The first-order chi connectivity index (χ1) is 13.8. The minimum Gasteiger partial charge on any atom is -0.493 e. The van der Waals surface area contributed by atoms with Crippen LogP contribution in [0.2, 0.25) is 0 Å². The second kappa shape index (κ2) is 11.4. The lowest BCUT2D eigenvalue weighted by Gasteiger charge is -2.17. The monoisotopic (exact) mass is 426 g/mol. The van der Waals surface area contributed by atoms with E-state index in [0.29, 0.717) is 45.4 Å². The van der Waals surface area contributed by atoms with Gasteiger partial charge in [0, 0.05) is 58.9 Å². The number of hydrogen-bond acceptors (Lipinski definition) is 5. The van der Waals surface area contributed by atoms with Gasteiger partial charge in [0.2, 0.25) is 10.0 Å². The van der Waals surface area contributed by atoms with E-state index in [-0.39, 0.29) is 5.92 Å². The highest BCUT2D eigenvalue weighted by Gasteiger charge is 2.28. The molecule has 1 aromatic rings. The molecule has 1 atom stereocenters. The van der Waals surface area contributed by atoms with E-state index in [0.717, 1.165) is 29.7 Å². The molecule has 1 aromatic carbocycles. The molecule has 0 amide bonds. The van der Waals surface area contributed by atoms with E-state index in [1.807, 2.05) is 13.0 Å². The van der Waals surface area contributed by atoms with Gasteiger partial charge in [-0.1, -0.05) is 12.1 Å². The number of guanidine groups is 1. The molecule has 0 radical (unpaired) electrons. The van der Waals surface area contributed by atoms with Gasteiger partial charge in [-0.3, -0.25) is 4.99 Å². The molecule has 9 heteroatoms. The van der Waals surface area contributed by atoms with Gasteiger partial charge in [-0.15, -0.1) is 0 Å². The molecule has 2 N–H and O–H groups in total. The van der Waals surface area contributed by atoms with Gasteiger partial charge < -0.3 is 20.1 Å². The predicted octanol–water partition coefficient (Wildman–Crippen LogP) is 1.36. The molecule has 0 bridgehead atoms. The van der Waals surface area contributed by atoms with Crippen molar-refractivity contribution in [3.05, 3.63) is 29.3 Å². The zero-order chi connectivity index (χ0) is 21.3. The van der Waals surface area contributed by atoms with Crippen molar-refractivity contribution >= 4 is 16.0 Å². The van der Waals surface area contributed by atoms with Crippen LogP contribution in [0, 0.1) is 12.8 Å². The number of nitrogens with one attached hydrogen (secondary N) is 2. The van der Waals surface area contributed by atoms with Crippen LogP contribution < -0.4 is 15.4 Å². The largest absolute Gasteiger partial charge is 0.493 e. The lowest BCUT2D eigenvalue weighted by molar-refractivity contribution is 0.171. The molecule has 29 heavy (non-hydrogen) atoms. The van der Waals surface area contributed by atoms with Crippen LogP contribution in [0.15, 0.2) is 23.2 Å². The molecule has 0 spiro atoms. The number of methoxy groups -OCH3 is 1. The van der Waals surface area contributed by atoms with Gasteiger partial charge in [0.1, 0.15) is 5.75 Å². The lowest BCUT2D eigenvalue weighted by atomic mass is 10.1. The SMILES string of the molecule is CN=C(NCc1ccc(C)cc1OCCCOC)NCC1CCN(S(C)(=O)=O)C1. The third-order valence-electron chi connectivity index (χ3n) is 4.92. The molecule has 1 aliphatic rings. The van der Waals surface area contributed by atoms with E-state index >= 15 is 0 Å². The maximum Gasteiger partial charge on any atom is 0.211 e. The Morgan fingerprint density at radius 3 is 2.76 bits per heavy atom. The predicted molar refractivity (Wildman–Crippen MR) is 116 cm³/mol. The lowest BCUT2D eigenvalue weighted by Crippen LogP contribution is -2.40. The van der Waals surface area contributed by atoms with Gasteiger partial charge in [-0.25, -0.2) is 12.7 Å². The molecular weight excluding hydrogens is 392 g/mol. The summed E-state index contributed by atoms with van der Waals surface area (Å²) in [7, 11) is 0.304. The third-order valence-corrected chi connectivity index (χ3v) is 6.19. The Hall–Kier alpha value is -1.84. The number of rotatable bonds is 10. The zero-order valence-corrected chi connectivity index (χ0v) is 18.7. The molecule has 0 aromatic heterocycles. The molecule has 1 saturated heterocycles. The third kappa shape index (κ3) is 7.83. The number of hydrogen-bond donors (Lipinski definition) is 2. The van der Waals surface area contributed by atoms with E-state index in [1.165, 1.54) is 10.6 Å². The Balaban J connectivity index is 1.84. The first-order valence-electron chi connectivity index (χ1n) is 9.94. The van der Waals surface area contributed by atoms with Crippen LogP contribution in [0.25, 0.3) is 0 Å². The highest BCUT2D eigenvalue weighted by atomic mass is 32.2. The second-order valence-electron chi connectivity index (χ2n) is 7.39. The Bertz CT molecular complexity index is 783. The molecule has 1 unspecified atom stereocenters. The Labute approximate surface area is 174 Å². The summed E-state index contributed by atoms with van der Waals surface area (Å²) in [6.45, 7) is 5.73. The van der Waals surface area contributed by atoms with Gasteiger partial charge in [-0.2, -0.15) is 0 Å². The van der Waals surface area contributed by atoms with Crippen molar-refractivity contribution in [2.75, 3.05) is 53.3 Å². The molecule has 0 aliphatic carbocycles. The Morgan fingerprint density at radius 1 is 1.31 bits per heavy atom. The number of nitrogens with zero attached hydrogens (tertiary/aromatic N) is 2. The normalized spacial score (nSPS) is 18.1. The smallest absolute Gasteiger partial charge is 0.211 e. The van der Waals surface area contributed by atoms with Gasteiger partial charge in [0.15, 0.2) is 5.96 Å². The number of ether oxygens (including phenoxy) is 2. The number of aryl methyl sites for hydroxylation is 1. The highest BCUT2D eigenvalue weighted by molar-refractivity contribution is 7.88. The Morgan fingerprint density at radius 2 is 2.10 bits per heavy atom. The van der Waals surface area contributed by atoms with E-state index in [4.69, 9.17) is 9.47 Å². The van der Waals surface area contributed by atoms with Crippen LogP contribution in [0.1, 0.15) is 24.0 Å². The fraction of sp³-hybridized carbons (Fsp3) is 0.650. The van der Waals surface area contributed by atoms with Gasteiger partial charge in [-0.05, 0) is 30.9 Å². The first-order valence-corrected chi connectivity index (χ1v) is 11.8. The van der Waals surface area contributed by atoms with Crippen molar-refractivity contribution in [1.82, 2.24) is 14.9 Å². The summed E-state index contributed by atoms with van der Waals surface area (Å²) in [6, 6.07) is 6.16.